The molecule has 0 spiro atoms. The van der Waals surface area contributed by atoms with Crippen LogP contribution in [0.1, 0.15) is 25.7 Å². The number of rotatable bonds is 2. The van der Waals surface area contributed by atoms with E-state index in [0.717, 1.165) is 50.8 Å². The molecule has 0 radical (unpaired) electrons. The first kappa shape index (κ1) is 13.6. The molecule has 2 N–H and O–H groups in total. The molecule has 2 aliphatic heterocycles. The molecule has 2 aliphatic rings. The molecule has 0 aromatic heterocycles. The molecule has 2 saturated heterocycles. The van der Waals surface area contributed by atoms with Gasteiger partial charge in [0.2, 0.25) is 0 Å². The minimum absolute atomic E-state index is 0.799. The smallest absolute Gasteiger partial charge is 0.0642 e. The van der Waals surface area contributed by atoms with Gasteiger partial charge in [0.15, 0.2) is 0 Å². The molecule has 3 rings (SSSR count). The number of hydrogen-bond donors (Lipinski definition) is 1. The van der Waals surface area contributed by atoms with E-state index >= 15 is 0 Å². The zero-order valence-corrected chi connectivity index (χ0v) is 12.2. The molecule has 0 atom stereocenters. The van der Waals surface area contributed by atoms with Crippen LogP contribution in [0.5, 0.6) is 0 Å². The Bertz CT molecular complexity index is 435. The van der Waals surface area contributed by atoms with Gasteiger partial charge in [-0.25, -0.2) is 0 Å². The van der Waals surface area contributed by atoms with Crippen molar-refractivity contribution in [1.82, 2.24) is 0 Å². The maximum Gasteiger partial charge on any atom is 0.0642 e. The zero-order chi connectivity index (χ0) is 13.8. The highest BCUT2D eigenvalue weighted by Crippen LogP contribution is 2.30. The third kappa shape index (κ3) is 3.01. The summed E-state index contributed by atoms with van der Waals surface area (Å²) in [5, 5.41) is 0. The largest absolute Gasteiger partial charge is 0.397 e. The standard InChI is InChI=1S/C16H25N3O/c17-15-13-14(18-7-3-1-2-4-8-18)5-6-16(15)19-9-11-20-12-10-19/h5-6,13H,1-4,7-12,17H2. The molecule has 0 aliphatic carbocycles. The van der Waals surface area contributed by atoms with Crippen LogP contribution < -0.4 is 15.5 Å². The van der Waals surface area contributed by atoms with Crippen LogP contribution in [0.2, 0.25) is 0 Å². The lowest BCUT2D eigenvalue weighted by Gasteiger charge is -2.31. The van der Waals surface area contributed by atoms with Gasteiger partial charge in [-0.1, -0.05) is 12.8 Å². The predicted molar refractivity (Wildman–Crippen MR) is 84.6 cm³/mol. The van der Waals surface area contributed by atoms with Crippen molar-refractivity contribution in [3.05, 3.63) is 18.2 Å². The Morgan fingerprint density at radius 2 is 1.55 bits per heavy atom. The van der Waals surface area contributed by atoms with Crippen LogP contribution in [-0.2, 0) is 4.74 Å². The van der Waals surface area contributed by atoms with Crippen LogP contribution >= 0.6 is 0 Å². The van der Waals surface area contributed by atoms with Crippen molar-refractivity contribution >= 4 is 17.1 Å². The van der Waals surface area contributed by atoms with Crippen molar-refractivity contribution in [2.24, 2.45) is 0 Å². The van der Waals surface area contributed by atoms with E-state index in [-0.39, 0.29) is 0 Å². The molecule has 0 unspecified atom stereocenters. The minimum atomic E-state index is 0.799. The summed E-state index contributed by atoms with van der Waals surface area (Å²) in [7, 11) is 0. The molecule has 1 aromatic carbocycles. The van der Waals surface area contributed by atoms with E-state index < -0.39 is 0 Å². The number of nitrogens with two attached hydrogens (primary N) is 1. The summed E-state index contributed by atoms with van der Waals surface area (Å²) in [6.45, 7) is 5.80. The van der Waals surface area contributed by atoms with Crippen LogP contribution in [0.25, 0.3) is 0 Å². The fraction of sp³-hybridized carbons (Fsp3) is 0.625. The molecule has 1 aromatic rings. The maximum absolute atomic E-state index is 6.29. The number of nitrogens with zero attached hydrogens (tertiary/aromatic N) is 2. The Morgan fingerprint density at radius 1 is 0.850 bits per heavy atom. The van der Waals surface area contributed by atoms with Gasteiger partial charge in [0.1, 0.15) is 0 Å². The molecule has 4 heteroatoms. The van der Waals surface area contributed by atoms with E-state index in [0.29, 0.717) is 0 Å². The first-order valence-electron chi connectivity index (χ1n) is 7.82. The van der Waals surface area contributed by atoms with Crippen LogP contribution in [0.3, 0.4) is 0 Å². The fourth-order valence-corrected chi connectivity index (χ4v) is 3.16. The average Bonchev–Trinajstić information content (AvgIpc) is 2.77. The van der Waals surface area contributed by atoms with Crippen molar-refractivity contribution in [3.8, 4) is 0 Å². The Hall–Kier alpha value is -1.42. The fourth-order valence-electron chi connectivity index (χ4n) is 3.16. The predicted octanol–water partition coefficient (Wildman–Crippen LogP) is 2.49. The lowest BCUT2D eigenvalue weighted by atomic mass is 10.2. The van der Waals surface area contributed by atoms with E-state index in [1.165, 1.54) is 31.4 Å². The maximum atomic E-state index is 6.29. The first-order chi connectivity index (χ1) is 9.84. The van der Waals surface area contributed by atoms with E-state index in [2.05, 4.69) is 28.0 Å². The van der Waals surface area contributed by atoms with Gasteiger partial charge in [0.05, 0.1) is 24.6 Å². The Balaban J connectivity index is 1.75. The summed E-state index contributed by atoms with van der Waals surface area (Å²) in [5.41, 5.74) is 9.62. The number of benzene rings is 1. The van der Waals surface area contributed by atoms with Gasteiger partial charge in [-0.2, -0.15) is 0 Å². The zero-order valence-electron chi connectivity index (χ0n) is 12.2. The average molecular weight is 275 g/mol. The molecule has 110 valence electrons. The summed E-state index contributed by atoms with van der Waals surface area (Å²) in [6, 6.07) is 6.56. The minimum Gasteiger partial charge on any atom is -0.397 e. The Labute approximate surface area is 121 Å². The number of nitrogen functional groups attached to an aromatic ring is 1. The van der Waals surface area contributed by atoms with E-state index in [4.69, 9.17) is 10.5 Å². The van der Waals surface area contributed by atoms with E-state index in [1.54, 1.807) is 0 Å². The molecule has 4 nitrogen and oxygen atoms in total. The van der Waals surface area contributed by atoms with Crippen LogP contribution in [0, 0.1) is 0 Å². The van der Waals surface area contributed by atoms with Gasteiger partial charge < -0.3 is 20.3 Å². The first-order valence-corrected chi connectivity index (χ1v) is 7.82. The number of morpholine rings is 1. The molecular formula is C16H25N3O. The van der Waals surface area contributed by atoms with Gasteiger partial charge in [-0.05, 0) is 31.0 Å². The van der Waals surface area contributed by atoms with Gasteiger partial charge in [-0.15, -0.1) is 0 Å². The van der Waals surface area contributed by atoms with Crippen LogP contribution in [0.4, 0.5) is 17.1 Å². The third-order valence-corrected chi connectivity index (χ3v) is 4.33. The highest BCUT2D eigenvalue weighted by atomic mass is 16.5. The van der Waals surface area contributed by atoms with Crippen molar-refractivity contribution in [1.29, 1.82) is 0 Å². The highest BCUT2D eigenvalue weighted by Gasteiger charge is 2.16. The van der Waals surface area contributed by atoms with Gasteiger partial charge in [0, 0.05) is 31.9 Å². The summed E-state index contributed by atoms with van der Waals surface area (Å²) < 4.78 is 5.40. The molecule has 0 bridgehead atoms. The number of ether oxygens (including phenoxy) is 1. The van der Waals surface area contributed by atoms with Crippen molar-refractivity contribution in [3.63, 3.8) is 0 Å². The molecule has 0 saturated carbocycles. The topological polar surface area (TPSA) is 41.7 Å². The molecule has 2 heterocycles. The lowest BCUT2D eigenvalue weighted by molar-refractivity contribution is 0.123. The Kier molecular flexibility index (Phi) is 4.31. The second kappa shape index (κ2) is 6.35. The van der Waals surface area contributed by atoms with Crippen molar-refractivity contribution < 1.29 is 4.74 Å². The molecule has 20 heavy (non-hydrogen) atoms. The number of hydrogen-bond acceptors (Lipinski definition) is 4. The number of anilines is 3. The summed E-state index contributed by atoms with van der Waals surface area (Å²) >= 11 is 0. The monoisotopic (exact) mass is 275 g/mol. The highest BCUT2D eigenvalue weighted by molar-refractivity contribution is 5.73. The summed E-state index contributed by atoms with van der Waals surface area (Å²) in [4.78, 5) is 4.80. The van der Waals surface area contributed by atoms with Crippen LogP contribution in [-0.4, -0.2) is 39.4 Å². The van der Waals surface area contributed by atoms with Gasteiger partial charge >= 0.3 is 0 Å². The second-order valence-corrected chi connectivity index (χ2v) is 5.74. The molecule has 0 amide bonds. The normalized spacial score (nSPS) is 20.8. The Morgan fingerprint density at radius 3 is 2.20 bits per heavy atom. The quantitative estimate of drug-likeness (QED) is 0.842. The summed E-state index contributed by atoms with van der Waals surface area (Å²) in [5.74, 6) is 0. The molecular weight excluding hydrogens is 250 g/mol. The SMILES string of the molecule is Nc1cc(N2CCCCCC2)ccc1N1CCOCC1. The van der Waals surface area contributed by atoms with Gasteiger partial charge in [-0.3, -0.25) is 0 Å². The van der Waals surface area contributed by atoms with Crippen LogP contribution in [0.15, 0.2) is 18.2 Å². The second-order valence-electron chi connectivity index (χ2n) is 5.74. The lowest BCUT2D eigenvalue weighted by Crippen LogP contribution is -2.36. The van der Waals surface area contributed by atoms with Gasteiger partial charge in [0.25, 0.3) is 0 Å². The van der Waals surface area contributed by atoms with Crippen molar-refractivity contribution in [2.75, 3.05) is 54.9 Å². The molecule has 2 fully saturated rings. The third-order valence-electron chi connectivity index (χ3n) is 4.33. The summed E-state index contributed by atoms with van der Waals surface area (Å²) in [6.07, 6.45) is 5.31. The van der Waals surface area contributed by atoms with Crippen molar-refractivity contribution in [2.45, 2.75) is 25.7 Å². The van der Waals surface area contributed by atoms with E-state index in [1.807, 2.05) is 0 Å². The van der Waals surface area contributed by atoms with E-state index in [9.17, 15) is 0 Å².